The van der Waals surface area contributed by atoms with Crippen molar-refractivity contribution in [3.05, 3.63) is 103 Å². The third kappa shape index (κ3) is 4.63. The topological polar surface area (TPSA) is 83.9 Å². The van der Waals surface area contributed by atoms with E-state index in [-0.39, 0.29) is 4.90 Å². The first kappa shape index (κ1) is 22.7. The van der Waals surface area contributed by atoms with Gasteiger partial charge in [-0.3, -0.25) is 4.31 Å². The Balaban J connectivity index is 1.40. The van der Waals surface area contributed by atoms with Gasteiger partial charge >= 0.3 is 5.97 Å². The molecule has 0 saturated heterocycles. The molecule has 0 aromatic heterocycles. The summed E-state index contributed by atoms with van der Waals surface area (Å²) in [6.45, 7) is -0.120. The lowest BCUT2D eigenvalue weighted by atomic mass is 9.97. The largest absolute Gasteiger partial charge is 0.482 e. The Morgan fingerprint density at radius 2 is 1.46 bits per heavy atom. The number of benzene rings is 4. The van der Waals surface area contributed by atoms with E-state index in [0.717, 1.165) is 27.8 Å². The molecule has 1 aliphatic rings. The molecule has 0 aliphatic carbocycles. The van der Waals surface area contributed by atoms with E-state index in [1.807, 2.05) is 36.4 Å². The molecule has 5 rings (SSSR count). The van der Waals surface area contributed by atoms with Crippen LogP contribution in [0.4, 0.5) is 5.69 Å². The van der Waals surface area contributed by atoms with Crippen molar-refractivity contribution in [2.45, 2.75) is 11.3 Å². The number of hydrogen-bond acceptors (Lipinski definition) is 4. The van der Waals surface area contributed by atoms with E-state index >= 15 is 0 Å². The van der Waals surface area contributed by atoms with Crippen molar-refractivity contribution in [3.63, 3.8) is 0 Å². The molecule has 4 aromatic carbocycles. The third-order valence-corrected chi connectivity index (χ3v) is 7.84. The zero-order valence-corrected chi connectivity index (χ0v) is 19.6. The van der Waals surface area contributed by atoms with Gasteiger partial charge in [-0.25, -0.2) is 13.2 Å². The van der Waals surface area contributed by atoms with Crippen LogP contribution in [0.3, 0.4) is 0 Å². The maximum Gasteiger partial charge on any atom is 0.341 e. The minimum Gasteiger partial charge on any atom is -0.482 e. The molecule has 0 spiro atoms. The molecule has 1 N–H and O–H groups in total. The lowest BCUT2D eigenvalue weighted by Crippen LogP contribution is -2.29. The molecule has 6 nitrogen and oxygen atoms in total. The maximum absolute atomic E-state index is 13.3. The first-order chi connectivity index (χ1) is 16.9. The average molecular weight is 486 g/mol. The zero-order valence-electron chi connectivity index (χ0n) is 18.8. The number of hydrogen-bond donors (Lipinski definition) is 1. The third-order valence-electron chi connectivity index (χ3n) is 6.01. The molecular weight excluding hydrogens is 462 g/mol. The fourth-order valence-corrected chi connectivity index (χ4v) is 5.79. The summed E-state index contributed by atoms with van der Waals surface area (Å²) < 4.78 is 33.2. The molecule has 0 radical (unpaired) electrons. The van der Waals surface area contributed by atoms with Crippen molar-refractivity contribution >= 4 is 21.7 Å². The van der Waals surface area contributed by atoms with Gasteiger partial charge in [0, 0.05) is 6.54 Å². The molecule has 4 aromatic rings. The Kier molecular flexibility index (Phi) is 6.01. The molecule has 0 amide bonds. The number of carboxylic acid groups (broad SMARTS) is 1. The van der Waals surface area contributed by atoms with Gasteiger partial charge in [-0.2, -0.15) is 0 Å². The number of nitrogens with zero attached hydrogens (tertiary/aromatic N) is 1. The van der Waals surface area contributed by atoms with Gasteiger partial charge in [-0.1, -0.05) is 54.6 Å². The Hall–Kier alpha value is -4.10. The molecule has 176 valence electrons. The molecule has 0 unspecified atom stereocenters. The zero-order chi connectivity index (χ0) is 24.4. The normalized spacial score (nSPS) is 12.9. The highest BCUT2D eigenvalue weighted by Crippen LogP contribution is 2.36. The van der Waals surface area contributed by atoms with Gasteiger partial charge in [0.05, 0.1) is 10.6 Å². The van der Waals surface area contributed by atoms with E-state index in [1.165, 1.54) is 28.6 Å². The summed E-state index contributed by atoms with van der Waals surface area (Å²) in [7, 11) is -3.76. The molecule has 0 fully saturated rings. The summed E-state index contributed by atoms with van der Waals surface area (Å²) in [6.07, 6.45) is 0.626. The van der Waals surface area contributed by atoms with Crippen LogP contribution in [0, 0.1) is 0 Å². The van der Waals surface area contributed by atoms with E-state index in [4.69, 9.17) is 9.84 Å². The van der Waals surface area contributed by atoms with Crippen LogP contribution < -0.4 is 9.04 Å². The van der Waals surface area contributed by atoms with Crippen LogP contribution in [0.1, 0.15) is 5.56 Å². The highest BCUT2D eigenvalue weighted by Gasteiger charge is 2.31. The summed E-state index contributed by atoms with van der Waals surface area (Å²) in [5.74, 6) is -0.794. The molecule has 1 heterocycles. The molecule has 0 bridgehead atoms. The van der Waals surface area contributed by atoms with Gasteiger partial charge in [-0.05, 0) is 76.7 Å². The molecular formula is C28H23NO5S. The number of aliphatic carboxylic acids is 1. The minimum absolute atomic E-state index is 0.132. The fourth-order valence-electron chi connectivity index (χ4n) is 4.29. The summed E-state index contributed by atoms with van der Waals surface area (Å²) >= 11 is 0. The fraction of sp³-hybridized carbons (Fsp3) is 0.107. The van der Waals surface area contributed by atoms with Crippen molar-refractivity contribution in [1.29, 1.82) is 0 Å². The van der Waals surface area contributed by atoms with E-state index in [2.05, 4.69) is 36.4 Å². The van der Waals surface area contributed by atoms with Crippen LogP contribution >= 0.6 is 0 Å². The number of ether oxygens (including phenoxy) is 1. The van der Waals surface area contributed by atoms with Crippen molar-refractivity contribution < 1.29 is 23.1 Å². The SMILES string of the molecule is O=C(O)COc1ccc(S(=O)(=O)N2CCc3cc(-c4cccc(-c5ccccc5)c4)ccc32)cc1. The summed E-state index contributed by atoms with van der Waals surface area (Å²) in [4.78, 5) is 10.8. The van der Waals surface area contributed by atoms with Crippen LogP contribution in [-0.2, 0) is 21.2 Å². The molecule has 0 saturated carbocycles. The smallest absolute Gasteiger partial charge is 0.341 e. The molecule has 35 heavy (non-hydrogen) atoms. The Morgan fingerprint density at radius 3 is 2.17 bits per heavy atom. The second-order valence-corrected chi connectivity index (χ2v) is 10.1. The van der Waals surface area contributed by atoms with E-state index in [1.54, 1.807) is 0 Å². The van der Waals surface area contributed by atoms with E-state index in [0.29, 0.717) is 24.4 Å². The number of fused-ring (bicyclic) bond motifs is 1. The molecule has 0 atom stereocenters. The van der Waals surface area contributed by atoms with Gasteiger partial charge in [-0.15, -0.1) is 0 Å². The monoisotopic (exact) mass is 485 g/mol. The Morgan fingerprint density at radius 1 is 0.800 bits per heavy atom. The Labute approximate surface area is 204 Å². The lowest BCUT2D eigenvalue weighted by molar-refractivity contribution is -0.139. The van der Waals surface area contributed by atoms with Crippen molar-refractivity contribution in [1.82, 2.24) is 0 Å². The van der Waals surface area contributed by atoms with Gasteiger partial charge in [0.1, 0.15) is 5.75 Å². The number of anilines is 1. The number of carboxylic acids is 1. The van der Waals surface area contributed by atoms with Gasteiger partial charge in [0.25, 0.3) is 10.0 Å². The standard InChI is InChI=1S/C28H23NO5S/c30-28(31)19-34-25-10-12-26(13-11-25)35(32,33)29-16-15-24-18-23(9-14-27(24)29)22-8-4-7-21(17-22)20-5-2-1-3-6-20/h1-14,17-18H,15-16,19H2,(H,30,31). The molecule has 7 heteroatoms. The van der Waals surface area contributed by atoms with Crippen molar-refractivity contribution in [2.24, 2.45) is 0 Å². The second kappa shape index (κ2) is 9.27. The average Bonchev–Trinajstić information content (AvgIpc) is 3.32. The van der Waals surface area contributed by atoms with Crippen LogP contribution in [0.2, 0.25) is 0 Å². The van der Waals surface area contributed by atoms with Crippen molar-refractivity contribution in [2.75, 3.05) is 17.5 Å². The first-order valence-electron chi connectivity index (χ1n) is 11.2. The summed E-state index contributed by atoms with van der Waals surface area (Å²) in [6, 6.07) is 30.2. The van der Waals surface area contributed by atoms with E-state index < -0.39 is 22.6 Å². The van der Waals surface area contributed by atoms with E-state index in [9.17, 15) is 13.2 Å². The summed E-state index contributed by atoms with van der Waals surface area (Å²) in [5.41, 5.74) is 6.06. The van der Waals surface area contributed by atoms with Gasteiger partial charge in [0.2, 0.25) is 0 Å². The highest BCUT2D eigenvalue weighted by atomic mass is 32.2. The van der Waals surface area contributed by atoms with Gasteiger partial charge in [0.15, 0.2) is 6.61 Å². The number of rotatable bonds is 7. The van der Waals surface area contributed by atoms with Crippen LogP contribution in [0.25, 0.3) is 22.3 Å². The van der Waals surface area contributed by atoms with Crippen molar-refractivity contribution in [3.8, 4) is 28.0 Å². The lowest BCUT2D eigenvalue weighted by Gasteiger charge is -2.20. The van der Waals surface area contributed by atoms with Crippen LogP contribution in [-0.4, -0.2) is 32.6 Å². The predicted molar refractivity (Wildman–Crippen MR) is 135 cm³/mol. The highest BCUT2D eigenvalue weighted by molar-refractivity contribution is 7.92. The second-order valence-electron chi connectivity index (χ2n) is 8.27. The predicted octanol–water partition coefficient (Wildman–Crippen LogP) is 5.24. The van der Waals surface area contributed by atoms with Crippen LogP contribution in [0.5, 0.6) is 5.75 Å². The van der Waals surface area contributed by atoms with Crippen LogP contribution in [0.15, 0.2) is 102 Å². The molecule has 1 aliphatic heterocycles. The maximum atomic E-state index is 13.3. The summed E-state index contributed by atoms with van der Waals surface area (Å²) in [5, 5.41) is 8.73. The number of carbonyl (C=O) groups is 1. The minimum atomic E-state index is -3.76. The quantitative estimate of drug-likeness (QED) is 0.387. The number of sulfonamides is 1. The first-order valence-corrected chi connectivity index (χ1v) is 12.6. The van der Waals surface area contributed by atoms with Gasteiger partial charge < -0.3 is 9.84 Å². The Bertz CT molecular complexity index is 1480.